The van der Waals surface area contributed by atoms with Crippen LogP contribution in [-0.2, 0) is 14.8 Å². The van der Waals surface area contributed by atoms with Crippen LogP contribution in [0.3, 0.4) is 0 Å². The van der Waals surface area contributed by atoms with Crippen LogP contribution >= 0.6 is 0 Å². The predicted molar refractivity (Wildman–Crippen MR) is 102 cm³/mol. The van der Waals surface area contributed by atoms with E-state index >= 15 is 0 Å². The van der Waals surface area contributed by atoms with Gasteiger partial charge in [0, 0.05) is 32.3 Å². The Kier molecular flexibility index (Phi) is 5.72. The van der Waals surface area contributed by atoms with Crippen molar-refractivity contribution in [3.05, 3.63) is 71.6 Å². The normalized spacial score (nSPS) is 16.0. The Morgan fingerprint density at radius 1 is 1.04 bits per heavy atom. The van der Waals surface area contributed by atoms with E-state index in [0.717, 1.165) is 11.1 Å². The van der Waals surface area contributed by atoms with Crippen LogP contribution in [0.2, 0.25) is 0 Å². The molecule has 0 aliphatic carbocycles. The summed E-state index contributed by atoms with van der Waals surface area (Å²) < 4.78 is 39.8. The number of piperazine rings is 1. The lowest BCUT2D eigenvalue weighted by atomic mass is 10.2. The Hall–Kier alpha value is -2.51. The monoisotopic (exact) mass is 388 g/mol. The van der Waals surface area contributed by atoms with Gasteiger partial charge in [-0.25, -0.2) is 12.8 Å². The summed E-state index contributed by atoms with van der Waals surface area (Å²) >= 11 is 0. The van der Waals surface area contributed by atoms with E-state index in [2.05, 4.69) is 0 Å². The van der Waals surface area contributed by atoms with E-state index in [0.29, 0.717) is 13.1 Å². The first-order valence-electron chi connectivity index (χ1n) is 8.66. The molecule has 3 rings (SSSR count). The van der Waals surface area contributed by atoms with Crippen LogP contribution in [0.25, 0.3) is 6.08 Å². The molecule has 2 aromatic carbocycles. The summed E-state index contributed by atoms with van der Waals surface area (Å²) in [5.41, 5.74) is 1.61. The number of benzene rings is 2. The Bertz CT molecular complexity index is 947. The Morgan fingerprint density at radius 3 is 2.33 bits per heavy atom. The van der Waals surface area contributed by atoms with E-state index < -0.39 is 10.0 Å². The van der Waals surface area contributed by atoms with Gasteiger partial charge in [-0.1, -0.05) is 24.3 Å². The van der Waals surface area contributed by atoms with Crippen LogP contribution in [0.15, 0.2) is 59.5 Å². The average molecular weight is 388 g/mol. The smallest absolute Gasteiger partial charge is 0.246 e. The van der Waals surface area contributed by atoms with Gasteiger partial charge in [-0.15, -0.1) is 0 Å². The molecule has 0 saturated carbocycles. The Labute approximate surface area is 158 Å². The van der Waals surface area contributed by atoms with Gasteiger partial charge in [0.25, 0.3) is 0 Å². The van der Waals surface area contributed by atoms with Gasteiger partial charge >= 0.3 is 0 Å². The van der Waals surface area contributed by atoms with Crippen LogP contribution < -0.4 is 0 Å². The highest BCUT2D eigenvalue weighted by molar-refractivity contribution is 7.89. The molecule has 0 N–H and O–H groups in total. The fourth-order valence-electron chi connectivity index (χ4n) is 2.92. The quantitative estimate of drug-likeness (QED) is 0.757. The molecule has 0 bridgehead atoms. The van der Waals surface area contributed by atoms with Gasteiger partial charge in [0.2, 0.25) is 15.9 Å². The van der Waals surface area contributed by atoms with E-state index in [1.54, 1.807) is 41.3 Å². The first-order valence-corrected chi connectivity index (χ1v) is 10.1. The topological polar surface area (TPSA) is 57.7 Å². The molecule has 0 spiro atoms. The van der Waals surface area contributed by atoms with Gasteiger partial charge in [-0.3, -0.25) is 4.79 Å². The second kappa shape index (κ2) is 8.02. The molecule has 2 aromatic rings. The molecule has 1 heterocycles. The summed E-state index contributed by atoms with van der Waals surface area (Å²) in [5.74, 6) is -0.517. The summed E-state index contributed by atoms with van der Waals surface area (Å²) in [6.07, 6.45) is 3.05. The predicted octanol–water partition coefficient (Wildman–Crippen LogP) is 2.68. The molecule has 1 aliphatic heterocycles. The molecular weight excluding hydrogens is 367 g/mol. The van der Waals surface area contributed by atoms with Crippen molar-refractivity contribution in [1.82, 2.24) is 9.21 Å². The van der Waals surface area contributed by atoms with Gasteiger partial charge in [0.1, 0.15) is 5.82 Å². The third-order valence-electron chi connectivity index (χ3n) is 4.47. The summed E-state index contributed by atoms with van der Waals surface area (Å²) in [4.78, 5) is 14.2. The third-order valence-corrected chi connectivity index (χ3v) is 6.36. The van der Waals surface area contributed by atoms with Crippen LogP contribution in [0, 0.1) is 12.7 Å². The molecule has 0 radical (unpaired) electrons. The first-order chi connectivity index (χ1) is 12.9. The average Bonchev–Trinajstić information content (AvgIpc) is 2.67. The minimum absolute atomic E-state index is 0.188. The molecule has 142 valence electrons. The highest BCUT2D eigenvalue weighted by Gasteiger charge is 2.29. The summed E-state index contributed by atoms with van der Waals surface area (Å²) in [5, 5.41) is 0. The van der Waals surface area contributed by atoms with Gasteiger partial charge < -0.3 is 4.90 Å². The summed E-state index contributed by atoms with van der Waals surface area (Å²) in [6, 6.07) is 12.7. The minimum atomic E-state index is -3.55. The van der Waals surface area contributed by atoms with Crippen molar-refractivity contribution in [3.8, 4) is 0 Å². The van der Waals surface area contributed by atoms with E-state index in [1.807, 2.05) is 13.0 Å². The second-order valence-corrected chi connectivity index (χ2v) is 8.37. The maximum Gasteiger partial charge on any atom is 0.246 e. The van der Waals surface area contributed by atoms with Gasteiger partial charge in [0.15, 0.2) is 0 Å². The second-order valence-electron chi connectivity index (χ2n) is 6.43. The molecule has 1 amide bonds. The van der Waals surface area contributed by atoms with Gasteiger partial charge in [-0.05, 0) is 48.4 Å². The standard InChI is InChI=1S/C20H21FN2O3S/c1-16-3-2-4-19(15-16)27(25,26)23-13-11-22(12-14-23)20(24)10-7-17-5-8-18(21)9-6-17/h2-10,15H,11-14H2,1H3/b10-7+. The zero-order chi connectivity index (χ0) is 19.4. The first kappa shape index (κ1) is 19.3. The lowest BCUT2D eigenvalue weighted by Gasteiger charge is -2.33. The molecule has 1 saturated heterocycles. The maximum atomic E-state index is 12.9. The fourth-order valence-corrected chi connectivity index (χ4v) is 4.45. The number of rotatable bonds is 4. The van der Waals surface area contributed by atoms with Crippen LogP contribution in [0.1, 0.15) is 11.1 Å². The number of sulfonamides is 1. The molecular formula is C20H21FN2O3S. The number of aryl methyl sites for hydroxylation is 1. The van der Waals surface area contributed by atoms with E-state index in [1.165, 1.54) is 22.5 Å². The van der Waals surface area contributed by atoms with E-state index in [9.17, 15) is 17.6 Å². The van der Waals surface area contributed by atoms with Crippen LogP contribution in [0.4, 0.5) is 4.39 Å². The van der Waals surface area contributed by atoms with Crippen molar-refractivity contribution in [2.75, 3.05) is 26.2 Å². The van der Waals surface area contributed by atoms with Gasteiger partial charge in [0.05, 0.1) is 4.90 Å². The summed E-state index contributed by atoms with van der Waals surface area (Å²) in [6.45, 7) is 3.02. The van der Waals surface area contributed by atoms with Crippen LogP contribution in [0.5, 0.6) is 0 Å². The minimum Gasteiger partial charge on any atom is -0.337 e. The van der Waals surface area contributed by atoms with Crippen molar-refractivity contribution in [3.63, 3.8) is 0 Å². The van der Waals surface area contributed by atoms with Crippen molar-refractivity contribution in [1.29, 1.82) is 0 Å². The Morgan fingerprint density at radius 2 is 1.70 bits per heavy atom. The van der Waals surface area contributed by atoms with E-state index in [4.69, 9.17) is 0 Å². The van der Waals surface area contributed by atoms with Gasteiger partial charge in [-0.2, -0.15) is 4.31 Å². The highest BCUT2D eigenvalue weighted by Crippen LogP contribution is 2.19. The molecule has 1 fully saturated rings. The maximum absolute atomic E-state index is 12.9. The number of carbonyl (C=O) groups is 1. The number of hydrogen-bond donors (Lipinski definition) is 0. The van der Waals surface area contributed by atoms with Crippen molar-refractivity contribution in [2.45, 2.75) is 11.8 Å². The molecule has 0 unspecified atom stereocenters. The zero-order valence-electron chi connectivity index (χ0n) is 15.0. The van der Waals surface area contributed by atoms with Crippen molar-refractivity contribution < 1.29 is 17.6 Å². The molecule has 0 aromatic heterocycles. The fraction of sp³-hybridized carbons (Fsp3) is 0.250. The number of halogens is 1. The number of amides is 1. The summed E-state index contributed by atoms with van der Waals surface area (Å²) in [7, 11) is -3.55. The van der Waals surface area contributed by atoms with Crippen LogP contribution in [-0.4, -0.2) is 49.7 Å². The molecule has 0 atom stereocenters. The largest absolute Gasteiger partial charge is 0.337 e. The molecule has 1 aliphatic rings. The number of nitrogens with zero attached hydrogens (tertiary/aromatic N) is 2. The van der Waals surface area contributed by atoms with E-state index in [-0.39, 0.29) is 29.7 Å². The lowest BCUT2D eigenvalue weighted by molar-refractivity contribution is -0.127. The SMILES string of the molecule is Cc1cccc(S(=O)(=O)N2CCN(C(=O)/C=C/c3ccc(F)cc3)CC2)c1. The number of carbonyl (C=O) groups excluding carboxylic acids is 1. The van der Waals surface area contributed by atoms with Crippen molar-refractivity contribution in [2.24, 2.45) is 0 Å². The number of hydrogen-bond acceptors (Lipinski definition) is 3. The zero-order valence-corrected chi connectivity index (χ0v) is 15.8. The molecule has 5 nitrogen and oxygen atoms in total. The lowest BCUT2D eigenvalue weighted by Crippen LogP contribution is -2.50. The molecule has 7 heteroatoms. The van der Waals surface area contributed by atoms with Crippen molar-refractivity contribution >= 4 is 22.0 Å². The highest BCUT2D eigenvalue weighted by atomic mass is 32.2. The Balaban J connectivity index is 1.61. The third kappa shape index (κ3) is 4.61. The molecule has 27 heavy (non-hydrogen) atoms.